The molecule has 18 heavy (non-hydrogen) atoms. The van der Waals surface area contributed by atoms with Gasteiger partial charge in [0.25, 0.3) is 0 Å². The van der Waals surface area contributed by atoms with Crippen LogP contribution in [-0.2, 0) is 4.74 Å². The summed E-state index contributed by atoms with van der Waals surface area (Å²) in [7, 11) is 0. The second-order valence-electron chi connectivity index (χ2n) is 5.85. The van der Waals surface area contributed by atoms with Crippen molar-refractivity contribution in [3.05, 3.63) is 28.2 Å². The molecule has 0 N–H and O–H groups in total. The molecule has 0 aliphatic carbocycles. The molecular formula is C14H18Cl2O2. The molecule has 0 aromatic heterocycles. The van der Waals surface area contributed by atoms with E-state index in [-0.39, 0.29) is 17.3 Å². The molecule has 1 heterocycles. The molecule has 1 saturated heterocycles. The van der Waals surface area contributed by atoms with Gasteiger partial charge in [0.1, 0.15) is 17.5 Å². The molecule has 1 aromatic rings. The molecule has 2 nitrogen and oxygen atoms in total. The Morgan fingerprint density at radius 1 is 1.22 bits per heavy atom. The van der Waals surface area contributed by atoms with Crippen LogP contribution in [-0.4, -0.2) is 17.3 Å². The van der Waals surface area contributed by atoms with Crippen LogP contribution in [0, 0.1) is 0 Å². The molecule has 0 amide bonds. The summed E-state index contributed by atoms with van der Waals surface area (Å²) in [6, 6.07) is 5.23. The number of rotatable bonds is 2. The van der Waals surface area contributed by atoms with Gasteiger partial charge in [-0.25, -0.2) is 0 Å². The van der Waals surface area contributed by atoms with Gasteiger partial charge in [0.05, 0.1) is 10.6 Å². The molecule has 1 unspecified atom stereocenters. The standard InChI is InChI=1S/C14H18Cl2O2/c1-13(2)8-12(14(3,4)18-13)17-11-7-9(15)5-6-10(11)16/h5-7,12H,8H2,1-4H3. The van der Waals surface area contributed by atoms with E-state index in [1.807, 2.05) is 13.8 Å². The van der Waals surface area contributed by atoms with Crippen molar-refractivity contribution in [2.24, 2.45) is 0 Å². The van der Waals surface area contributed by atoms with Crippen molar-refractivity contribution in [1.29, 1.82) is 0 Å². The third-order valence-corrected chi connectivity index (χ3v) is 3.70. The van der Waals surface area contributed by atoms with Gasteiger partial charge in [-0.3, -0.25) is 0 Å². The fraction of sp³-hybridized carbons (Fsp3) is 0.571. The minimum absolute atomic E-state index is 0.0385. The zero-order valence-electron chi connectivity index (χ0n) is 11.1. The predicted octanol–water partition coefficient (Wildman–Crippen LogP) is 4.72. The summed E-state index contributed by atoms with van der Waals surface area (Å²) in [6.07, 6.45) is 0.784. The quantitative estimate of drug-likeness (QED) is 0.784. The maximum absolute atomic E-state index is 6.11. The highest BCUT2D eigenvalue weighted by Crippen LogP contribution is 2.41. The van der Waals surface area contributed by atoms with Crippen LogP contribution in [0.1, 0.15) is 34.1 Å². The Morgan fingerprint density at radius 3 is 2.44 bits per heavy atom. The van der Waals surface area contributed by atoms with Gasteiger partial charge in [-0.1, -0.05) is 23.2 Å². The normalized spacial score (nSPS) is 25.1. The van der Waals surface area contributed by atoms with Gasteiger partial charge >= 0.3 is 0 Å². The maximum Gasteiger partial charge on any atom is 0.139 e. The largest absolute Gasteiger partial charge is 0.486 e. The Kier molecular flexibility index (Phi) is 3.56. The van der Waals surface area contributed by atoms with Gasteiger partial charge in [-0.2, -0.15) is 0 Å². The Bertz CT molecular complexity index is 455. The molecule has 2 rings (SSSR count). The molecule has 1 aliphatic heterocycles. The fourth-order valence-electron chi connectivity index (χ4n) is 2.42. The predicted molar refractivity (Wildman–Crippen MR) is 74.7 cm³/mol. The van der Waals surface area contributed by atoms with Crippen molar-refractivity contribution in [3.8, 4) is 5.75 Å². The Balaban J connectivity index is 2.21. The van der Waals surface area contributed by atoms with Crippen LogP contribution in [0.25, 0.3) is 0 Å². The van der Waals surface area contributed by atoms with E-state index >= 15 is 0 Å². The van der Waals surface area contributed by atoms with Crippen molar-refractivity contribution in [3.63, 3.8) is 0 Å². The summed E-state index contributed by atoms with van der Waals surface area (Å²) in [4.78, 5) is 0. The van der Waals surface area contributed by atoms with Crippen LogP contribution >= 0.6 is 23.2 Å². The van der Waals surface area contributed by atoms with Crippen molar-refractivity contribution in [2.45, 2.75) is 51.4 Å². The average Bonchev–Trinajstić information content (AvgIpc) is 2.40. The van der Waals surface area contributed by atoms with Gasteiger partial charge in [-0.05, 0) is 39.8 Å². The first-order chi connectivity index (χ1) is 8.20. The summed E-state index contributed by atoms with van der Waals surface area (Å²) in [5.74, 6) is 0.614. The van der Waals surface area contributed by atoms with Crippen molar-refractivity contribution < 1.29 is 9.47 Å². The van der Waals surface area contributed by atoms with Crippen LogP contribution in [0.5, 0.6) is 5.75 Å². The number of benzene rings is 1. The second-order valence-corrected chi connectivity index (χ2v) is 6.69. The summed E-state index contributed by atoms with van der Waals surface area (Å²) >= 11 is 12.1. The SMILES string of the molecule is CC1(C)CC(Oc2cc(Cl)ccc2Cl)C(C)(C)O1. The highest BCUT2D eigenvalue weighted by molar-refractivity contribution is 6.34. The number of hydrogen-bond acceptors (Lipinski definition) is 2. The highest BCUT2D eigenvalue weighted by Gasteiger charge is 2.47. The zero-order valence-corrected chi connectivity index (χ0v) is 12.6. The zero-order chi connectivity index (χ0) is 13.6. The first-order valence-corrected chi connectivity index (χ1v) is 6.77. The van der Waals surface area contributed by atoms with E-state index < -0.39 is 0 Å². The monoisotopic (exact) mass is 288 g/mol. The maximum atomic E-state index is 6.11. The molecule has 0 radical (unpaired) electrons. The van der Waals surface area contributed by atoms with E-state index in [2.05, 4.69) is 13.8 Å². The lowest BCUT2D eigenvalue weighted by Crippen LogP contribution is -2.36. The van der Waals surface area contributed by atoms with Crippen molar-refractivity contribution in [2.75, 3.05) is 0 Å². The average molecular weight is 289 g/mol. The lowest BCUT2D eigenvalue weighted by molar-refractivity contribution is -0.0845. The Morgan fingerprint density at radius 2 is 1.89 bits per heavy atom. The molecule has 1 aromatic carbocycles. The van der Waals surface area contributed by atoms with E-state index in [1.165, 1.54) is 0 Å². The van der Waals surface area contributed by atoms with Crippen LogP contribution < -0.4 is 4.74 Å². The van der Waals surface area contributed by atoms with Gasteiger partial charge in [0.2, 0.25) is 0 Å². The minimum Gasteiger partial charge on any atom is -0.486 e. The molecule has 1 aliphatic rings. The van der Waals surface area contributed by atoms with Crippen molar-refractivity contribution >= 4 is 23.2 Å². The molecule has 0 spiro atoms. The van der Waals surface area contributed by atoms with Crippen LogP contribution in [0.3, 0.4) is 0 Å². The lowest BCUT2D eigenvalue weighted by atomic mass is 9.97. The number of hydrogen-bond donors (Lipinski definition) is 0. The Labute approximate surface area is 118 Å². The van der Waals surface area contributed by atoms with Crippen molar-refractivity contribution in [1.82, 2.24) is 0 Å². The Hall–Kier alpha value is -0.440. The number of halogens is 2. The van der Waals surface area contributed by atoms with E-state index in [0.717, 1.165) is 6.42 Å². The third kappa shape index (κ3) is 2.93. The third-order valence-electron chi connectivity index (χ3n) is 3.15. The molecular weight excluding hydrogens is 271 g/mol. The van der Waals surface area contributed by atoms with Gasteiger partial charge < -0.3 is 9.47 Å². The van der Waals surface area contributed by atoms with E-state index in [0.29, 0.717) is 15.8 Å². The summed E-state index contributed by atoms with van der Waals surface area (Å²) in [5.41, 5.74) is -0.519. The van der Waals surface area contributed by atoms with E-state index in [4.69, 9.17) is 32.7 Å². The molecule has 1 fully saturated rings. The smallest absolute Gasteiger partial charge is 0.139 e. The molecule has 100 valence electrons. The van der Waals surface area contributed by atoms with E-state index in [9.17, 15) is 0 Å². The van der Waals surface area contributed by atoms with Gasteiger partial charge in [-0.15, -0.1) is 0 Å². The molecule has 0 bridgehead atoms. The summed E-state index contributed by atoms with van der Waals surface area (Å²) in [5, 5.41) is 1.19. The second kappa shape index (κ2) is 4.59. The summed E-state index contributed by atoms with van der Waals surface area (Å²) in [6.45, 7) is 8.20. The first-order valence-electron chi connectivity index (χ1n) is 6.01. The highest BCUT2D eigenvalue weighted by atomic mass is 35.5. The summed E-state index contributed by atoms with van der Waals surface area (Å²) < 4.78 is 12.0. The topological polar surface area (TPSA) is 18.5 Å². The van der Waals surface area contributed by atoms with Crippen LogP contribution in [0.15, 0.2) is 18.2 Å². The fourth-order valence-corrected chi connectivity index (χ4v) is 2.74. The van der Waals surface area contributed by atoms with Crippen LogP contribution in [0.2, 0.25) is 10.0 Å². The van der Waals surface area contributed by atoms with Crippen LogP contribution in [0.4, 0.5) is 0 Å². The lowest BCUT2D eigenvalue weighted by Gasteiger charge is -2.27. The minimum atomic E-state index is -0.338. The molecule has 0 saturated carbocycles. The van der Waals surface area contributed by atoms with Gasteiger partial charge in [0.15, 0.2) is 0 Å². The number of ether oxygens (including phenoxy) is 2. The first kappa shape index (κ1) is 14.0. The molecule has 1 atom stereocenters. The molecule has 4 heteroatoms. The van der Waals surface area contributed by atoms with Gasteiger partial charge in [0, 0.05) is 17.5 Å². The van der Waals surface area contributed by atoms with E-state index in [1.54, 1.807) is 18.2 Å².